The number of aliphatic imine (C=N–C) groups is 1. The van der Waals surface area contributed by atoms with Crippen LogP contribution in [0.15, 0.2) is 23.2 Å². The lowest BCUT2D eigenvalue weighted by molar-refractivity contribution is -0.137. The third-order valence-electron chi connectivity index (χ3n) is 2.19. The van der Waals surface area contributed by atoms with Crippen molar-refractivity contribution in [1.29, 1.82) is 0 Å². The van der Waals surface area contributed by atoms with Gasteiger partial charge in [0, 0.05) is 12.1 Å². The minimum Gasteiger partial charge on any atom is -0.383 e. The van der Waals surface area contributed by atoms with Crippen LogP contribution in [0.3, 0.4) is 0 Å². The highest BCUT2D eigenvalue weighted by Gasteiger charge is 2.34. The van der Waals surface area contributed by atoms with Crippen LogP contribution in [0, 0.1) is 11.7 Å². The van der Waals surface area contributed by atoms with Gasteiger partial charge in [0.25, 0.3) is 0 Å². The van der Waals surface area contributed by atoms with E-state index < -0.39 is 23.1 Å². The fourth-order valence-electron chi connectivity index (χ4n) is 1.34. The number of nitrogens with zero attached hydrogens (tertiary/aromatic N) is 1. The van der Waals surface area contributed by atoms with Gasteiger partial charge in [-0.15, -0.1) is 0 Å². The molecular weight excluding hydrogens is 248 g/mol. The maximum absolute atomic E-state index is 13.0. The van der Waals surface area contributed by atoms with Crippen LogP contribution in [0.2, 0.25) is 0 Å². The van der Waals surface area contributed by atoms with Crippen LogP contribution in [-0.2, 0) is 6.18 Å². The third-order valence-corrected chi connectivity index (χ3v) is 2.19. The molecule has 2 nitrogen and oxygen atoms in total. The molecule has 0 bridgehead atoms. The summed E-state index contributed by atoms with van der Waals surface area (Å²) < 4.78 is 51.1. The molecule has 0 spiro atoms. The van der Waals surface area contributed by atoms with Crippen molar-refractivity contribution in [3.05, 3.63) is 35.1 Å². The molecule has 0 unspecified atom stereocenters. The number of hydrogen-bond donors (Lipinski definition) is 1. The lowest BCUT2D eigenvalue weighted by Gasteiger charge is -2.12. The van der Waals surface area contributed by atoms with E-state index in [1.807, 2.05) is 13.8 Å². The minimum absolute atomic E-state index is 0.159. The van der Waals surface area contributed by atoms with Gasteiger partial charge in [0.05, 0.1) is 5.56 Å². The largest absolute Gasteiger partial charge is 0.417 e. The fourth-order valence-corrected chi connectivity index (χ4v) is 1.34. The molecule has 1 rings (SSSR count). The summed E-state index contributed by atoms with van der Waals surface area (Å²) in [5.74, 6) is -0.914. The fraction of sp³-hybridized carbons (Fsp3) is 0.417. The molecule has 0 atom stereocenters. The van der Waals surface area contributed by atoms with Crippen LogP contribution < -0.4 is 5.73 Å². The average Bonchev–Trinajstić information content (AvgIpc) is 2.23. The average molecular weight is 262 g/mol. The lowest BCUT2D eigenvalue weighted by atomic mass is 10.1. The minimum atomic E-state index is -4.58. The second-order valence-corrected chi connectivity index (χ2v) is 4.31. The standard InChI is InChI=1S/C12H14F4N2/c1-7(2)6-18-11(17)9-5-8(13)3-4-10(9)12(14,15)16/h3-5,7H,6H2,1-2H3,(H2,17,18). The van der Waals surface area contributed by atoms with Crippen molar-refractivity contribution in [1.82, 2.24) is 0 Å². The molecule has 0 aliphatic heterocycles. The van der Waals surface area contributed by atoms with Gasteiger partial charge in [-0.3, -0.25) is 4.99 Å². The summed E-state index contributed by atoms with van der Waals surface area (Å²) in [6.45, 7) is 4.00. The van der Waals surface area contributed by atoms with Crippen molar-refractivity contribution in [3.8, 4) is 0 Å². The van der Waals surface area contributed by atoms with Gasteiger partial charge < -0.3 is 5.73 Å². The molecule has 100 valence electrons. The first-order chi connectivity index (χ1) is 8.21. The molecular formula is C12H14F4N2. The van der Waals surface area contributed by atoms with Crippen molar-refractivity contribution in [2.45, 2.75) is 20.0 Å². The van der Waals surface area contributed by atoms with Gasteiger partial charge in [-0.05, 0) is 24.1 Å². The number of alkyl halides is 3. The second-order valence-electron chi connectivity index (χ2n) is 4.31. The molecule has 2 N–H and O–H groups in total. The van der Waals surface area contributed by atoms with E-state index in [0.29, 0.717) is 12.6 Å². The topological polar surface area (TPSA) is 38.4 Å². The zero-order valence-electron chi connectivity index (χ0n) is 10.1. The Kier molecular flexibility index (Phi) is 4.32. The van der Waals surface area contributed by atoms with Crippen molar-refractivity contribution in [3.63, 3.8) is 0 Å². The van der Waals surface area contributed by atoms with Crippen molar-refractivity contribution >= 4 is 5.84 Å². The molecule has 1 aromatic carbocycles. The first-order valence-corrected chi connectivity index (χ1v) is 5.39. The molecule has 0 radical (unpaired) electrons. The zero-order chi connectivity index (χ0) is 13.9. The Bertz CT molecular complexity index is 450. The highest BCUT2D eigenvalue weighted by Crippen LogP contribution is 2.32. The Hall–Kier alpha value is -1.59. The summed E-state index contributed by atoms with van der Waals surface area (Å²) in [6, 6.07) is 2.17. The van der Waals surface area contributed by atoms with E-state index in [4.69, 9.17) is 5.73 Å². The smallest absolute Gasteiger partial charge is 0.383 e. The molecule has 6 heteroatoms. The quantitative estimate of drug-likeness (QED) is 0.507. The third kappa shape index (κ3) is 3.72. The van der Waals surface area contributed by atoms with Crippen LogP contribution >= 0.6 is 0 Å². The first kappa shape index (κ1) is 14.5. The summed E-state index contributed by atoms with van der Waals surface area (Å²) in [5, 5.41) is 0. The molecule has 0 heterocycles. The van der Waals surface area contributed by atoms with Crippen LogP contribution in [0.5, 0.6) is 0 Å². The highest BCUT2D eigenvalue weighted by atomic mass is 19.4. The van der Waals surface area contributed by atoms with Crippen molar-refractivity contribution in [2.24, 2.45) is 16.6 Å². The number of rotatable bonds is 3. The highest BCUT2D eigenvalue weighted by molar-refractivity contribution is 5.99. The van der Waals surface area contributed by atoms with Crippen LogP contribution in [0.25, 0.3) is 0 Å². The summed E-state index contributed by atoms with van der Waals surface area (Å²) in [7, 11) is 0. The van der Waals surface area contributed by atoms with E-state index in [0.717, 1.165) is 12.1 Å². The lowest BCUT2D eigenvalue weighted by Crippen LogP contribution is -2.21. The summed E-state index contributed by atoms with van der Waals surface area (Å²) in [4.78, 5) is 3.84. The van der Waals surface area contributed by atoms with Gasteiger partial charge in [-0.25, -0.2) is 4.39 Å². The summed E-state index contributed by atoms with van der Waals surface area (Å²) in [5.41, 5.74) is 4.10. The van der Waals surface area contributed by atoms with E-state index in [-0.39, 0.29) is 11.8 Å². The van der Waals surface area contributed by atoms with E-state index in [9.17, 15) is 17.6 Å². The van der Waals surface area contributed by atoms with Gasteiger partial charge in [0.1, 0.15) is 11.7 Å². The summed E-state index contributed by atoms with van der Waals surface area (Å²) >= 11 is 0. The van der Waals surface area contributed by atoms with Gasteiger partial charge in [0.15, 0.2) is 0 Å². The molecule has 1 aromatic rings. The SMILES string of the molecule is CC(C)CN=C(N)c1cc(F)ccc1C(F)(F)F. The first-order valence-electron chi connectivity index (χ1n) is 5.39. The van der Waals surface area contributed by atoms with E-state index in [1.54, 1.807) is 0 Å². The van der Waals surface area contributed by atoms with Crippen LogP contribution in [0.4, 0.5) is 17.6 Å². The number of amidine groups is 1. The number of nitrogens with two attached hydrogens (primary N) is 1. The number of hydrogen-bond acceptors (Lipinski definition) is 1. The Morgan fingerprint density at radius 3 is 2.44 bits per heavy atom. The van der Waals surface area contributed by atoms with Gasteiger partial charge in [0.2, 0.25) is 0 Å². The van der Waals surface area contributed by atoms with Gasteiger partial charge in [-0.1, -0.05) is 13.8 Å². The normalized spacial score (nSPS) is 13.2. The zero-order valence-corrected chi connectivity index (χ0v) is 10.1. The number of halogens is 4. The maximum atomic E-state index is 13.0. The van der Waals surface area contributed by atoms with Crippen LogP contribution in [0.1, 0.15) is 25.0 Å². The Morgan fingerprint density at radius 2 is 1.94 bits per heavy atom. The molecule has 0 saturated heterocycles. The monoisotopic (exact) mass is 262 g/mol. The van der Waals surface area contributed by atoms with Gasteiger partial charge in [-0.2, -0.15) is 13.2 Å². The molecule has 0 saturated carbocycles. The van der Waals surface area contributed by atoms with E-state index in [1.165, 1.54) is 0 Å². The molecule has 0 aliphatic rings. The number of benzene rings is 1. The van der Waals surface area contributed by atoms with Crippen LogP contribution in [-0.4, -0.2) is 12.4 Å². The van der Waals surface area contributed by atoms with Crippen molar-refractivity contribution < 1.29 is 17.6 Å². The predicted molar refractivity (Wildman–Crippen MR) is 61.8 cm³/mol. The predicted octanol–water partition coefficient (Wildman–Crippen LogP) is 3.21. The summed E-state index contributed by atoms with van der Waals surface area (Å²) in [6.07, 6.45) is -4.58. The molecule has 0 aromatic heterocycles. The van der Waals surface area contributed by atoms with E-state index in [2.05, 4.69) is 4.99 Å². The van der Waals surface area contributed by atoms with Crippen molar-refractivity contribution in [2.75, 3.05) is 6.54 Å². The second kappa shape index (κ2) is 5.37. The van der Waals surface area contributed by atoms with Gasteiger partial charge >= 0.3 is 6.18 Å². The van der Waals surface area contributed by atoms with E-state index >= 15 is 0 Å². The maximum Gasteiger partial charge on any atom is 0.417 e. The molecule has 18 heavy (non-hydrogen) atoms. The molecule has 0 aliphatic carbocycles. The molecule has 0 amide bonds. The Morgan fingerprint density at radius 1 is 1.33 bits per heavy atom. The Balaban J connectivity index is 3.21. The Labute approximate surface area is 103 Å². The molecule has 0 fully saturated rings.